The molecule has 0 unspecified atom stereocenters. The molecule has 0 aliphatic heterocycles. The van der Waals surface area contributed by atoms with Crippen molar-refractivity contribution in [3.8, 4) is 11.8 Å². The highest BCUT2D eigenvalue weighted by atomic mass is 16.5. The van der Waals surface area contributed by atoms with Crippen molar-refractivity contribution < 1.29 is 19.1 Å². The summed E-state index contributed by atoms with van der Waals surface area (Å²) in [7, 11) is 2.85. The zero-order chi connectivity index (χ0) is 18.2. The maximum Gasteiger partial charge on any atom is 0.337 e. The lowest BCUT2D eigenvalue weighted by Crippen LogP contribution is -2.13. The van der Waals surface area contributed by atoms with Crippen LogP contribution in [0.2, 0.25) is 0 Å². The van der Waals surface area contributed by atoms with Gasteiger partial charge in [0.2, 0.25) is 0 Å². The van der Waals surface area contributed by atoms with Crippen molar-refractivity contribution in [3.05, 3.63) is 65.2 Å². The fourth-order valence-corrected chi connectivity index (χ4v) is 2.02. The smallest absolute Gasteiger partial charge is 0.337 e. The van der Waals surface area contributed by atoms with Crippen LogP contribution in [0.5, 0.6) is 5.75 Å². The van der Waals surface area contributed by atoms with Crippen LogP contribution in [-0.4, -0.2) is 26.1 Å². The Morgan fingerprint density at radius 1 is 1.04 bits per heavy atom. The van der Waals surface area contributed by atoms with Gasteiger partial charge in [0.1, 0.15) is 17.4 Å². The number of hydrogen-bond acceptors (Lipinski definition) is 5. The average Bonchev–Trinajstić information content (AvgIpc) is 2.66. The SMILES string of the molecule is COC(=O)c1ccc(/C=C(/C#N)C(=O)Nc2ccc(OC)cc2)cc1. The summed E-state index contributed by atoms with van der Waals surface area (Å²) in [6.45, 7) is 0. The highest BCUT2D eigenvalue weighted by molar-refractivity contribution is 6.09. The molecule has 2 aromatic carbocycles. The third-order valence-corrected chi connectivity index (χ3v) is 3.36. The van der Waals surface area contributed by atoms with E-state index in [2.05, 4.69) is 10.1 Å². The van der Waals surface area contributed by atoms with Crippen LogP contribution in [0.4, 0.5) is 5.69 Å². The molecule has 0 saturated carbocycles. The molecule has 1 amide bonds. The monoisotopic (exact) mass is 336 g/mol. The third kappa shape index (κ3) is 4.69. The molecule has 0 atom stereocenters. The molecule has 6 heteroatoms. The van der Waals surface area contributed by atoms with Crippen LogP contribution in [0.25, 0.3) is 6.08 Å². The third-order valence-electron chi connectivity index (χ3n) is 3.36. The quantitative estimate of drug-likeness (QED) is 0.515. The minimum atomic E-state index is -0.523. The van der Waals surface area contributed by atoms with Crippen LogP contribution in [0.1, 0.15) is 15.9 Å². The number of benzene rings is 2. The number of nitrogens with zero attached hydrogens (tertiary/aromatic N) is 1. The Balaban J connectivity index is 2.14. The Bertz CT molecular complexity index is 831. The summed E-state index contributed by atoms with van der Waals surface area (Å²) in [6, 6.07) is 15.0. The van der Waals surface area contributed by atoms with Crippen molar-refractivity contribution in [3.63, 3.8) is 0 Å². The molecular formula is C19H16N2O4. The molecule has 0 aliphatic rings. The zero-order valence-electron chi connectivity index (χ0n) is 13.8. The Labute approximate surface area is 145 Å². The van der Waals surface area contributed by atoms with E-state index < -0.39 is 11.9 Å². The zero-order valence-corrected chi connectivity index (χ0v) is 13.8. The normalized spacial score (nSPS) is 10.5. The first-order chi connectivity index (χ1) is 12.1. The summed E-state index contributed by atoms with van der Waals surface area (Å²) in [4.78, 5) is 23.6. The molecular weight excluding hydrogens is 320 g/mol. The fourth-order valence-electron chi connectivity index (χ4n) is 2.02. The van der Waals surface area contributed by atoms with E-state index in [-0.39, 0.29) is 5.57 Å². The van der Waals surface area contributed by atoms with Crippen LogP contribution < -0.4 is 10.1 Å². The standard InChI is InChI=1S/C19H16N2O4/c1-24-17-9-7-16(8-10-17)21-18(22)15(12-20)11-13-3-5-14(6-4-13)19(23)25-2/h3-11H,1-2H3,(H,21,22)/b15-11-. The molecule has 6 nitrogen and oxygen atoms in total. The average molecular weight is 336 g/mol. The lowest BCUT2D eigenvalue weighted by molar-refractivity contribution is -0.112. The van der Waals surface area contributed by atoms with E-state index in [9.17, 15) is 14.9 Å². The number of amides is 1. The largest absolute Gasteiger partial charge is 0.497 e. The van der Waals surface area contributed by atoms with E-state index in [1.807, 2.05) is 6.07 Å². The van der Waals surface area contributed by atoms with Gasteiger partial charge in [-0.15, -0.1) is 0 Å². The molecule has 0 spiro atoms. The number of nitriles is 1. The van der Waals surface area contributed by atoms with Crippen molar-refractivity contribution in [2.45, 2.75) is 0 Å². The van der Waals surface area contributed by atoms with Crippen LogP contribution in [0, 0.1) is 11.3 Å². The maximum absolute atomic E-state index is 12.2. The van der Waals surface area contributed by atoms with Crippen LogP contribution in [0.15, 0.2) is 54.1 Å². The fraction of sp³-hybridized carbons (Fsp3) is 0.105. The predicted molar refractivity (Wildman–Crippen MR) is 93.0 cm³/mol. The van der Waals surface area contributed by atoms with Crippen LogP contribution >= 0.6 is 0 Å². The molecule has 0 aromatic heterocycles. The summed E-state index contributed by atoms with van der Waals surface area (Å²) in [5.41, 5.74) is 1.50. The van der Waals surface area contributed by atoms with Gasteiger partial charge in [0.25, 0.3) is 5.91 Å². The van der Waals surface area contributed by atoms with Gasteiger partial charge in [0.05, 0.1) is 19.8 Å². The summed E-state index contributed by atoms with van der Waals surface area (Å²) in [5, 5.41) is 11.9. The van der Waals surface area contributed by atoms with Crippen molar-refractivity contribution in [1.82, 2.24) is 0 Å². The highest BCUT2D eigenvalue weighted by Gasteiger charge is 2.10. The highest BCUT2D eigenvalue weighted by Crippen LogP contribution is 2.16. The Hall–Kier alpha value is -3.59. The first-order valence-electron chi connectivity index (χ1n) is 7.33. The van der Waals surface area contributed by atoms with Crippen molar-refractivity contribution in [2.24, 2.45) is 0 Å². The number of carbonyl (C=O) groups is 2. The summed E-state index contributed by atoms with van der Waals surface area (Å²) in [6.07, 6.45) is 1.44. The number of rotatable bonds is 5. The van der Waals surface area contributed by atoms with E-state index in [0.29, 0.717) is 22.6 Å². The molecule has 0 radical (unpaired) electrons. The van der Waals surface area contributed by atoms with E-state index in [0.717, 1.165) is 0 Å². The summed E-state index contributed by atoms with van der Waals surface area (Å²) >= 11 is 0. The minimum Gasteiger partial charge on any atom is -0.497 e. The van der Waals surface area contributed by atoms with Gasteiger partial charge in [-0.2, -0.15) is 5.26 Å². The first kappa shape index (κ1) is 17.8. The molecule has 0 aliphatic carbocycles. The van der Waals surface area contributed by atoms with E-state index >= 15 is 0 Å². The molecule has 1 N–H and O–H groups in total. The lowest BCUT2D eigenvalue weighted by Gasteiger charge is -2.06. The van der Waals surface area contributed by atoms with Gasteiger partial charge in [-0.3, -0.25) is 4.79 Å². The number of nitrogens with one attached hydrogen (secondary N) is 1. The Kier molecular flexibility index (Phi) is 5.91. The summed E-state index contributed by atoms with van der Waals surface area (Å²) in [5.74, 6) is -0.308. The number of esters is 1. The number of anilines is 1. The van der Waals surface area contributed by atoms with Crippen LogP contribution in [0.3, 0.4) is 0 Å². The summed E-state index contributed by atoms with van der Waals surface area (Å²) < 4.78 is 9.67. The topological polar surface area (TPSA) is 88.4 Å². The first-order valence-corrected chi connectivity index (χ1v) is 7.33. The predicted octanol–water partition coefficient (Wildman–Crippen LogP) is 3.03. The van der Waals surface area contributed by atoms with Gasteiger partial charge in [0.15, 0.2) is 0 Å². The van der Waals surface area contributed by atoms with Crippen molar-refractivity contribution in [1.29, 1.82) is 5.26 Å². The molecule has 0 saturated heterocycles. The Morgan fingerprint density at radius 3 is 2.20 bits per heavy atom. The van der Waals surface area contributed by atoms with Gasteiger partial charge in [-0.1, -0.05) is 12.1 Å². The van der Waals surface area contributed by atoms with Crippen molar-refractivity contribution >= 4 is 23.6 Å². The van der Waals surface area contributed by atoms with Gasteiger partial charge >= 0.3 is 5.97 Å². The molecule has 126 valence electrons. The molecule has 0 heterocycles. The molecule has 25 heavy (non-hydrogen) atoms. The molecule has 0 bridgehead atoms. The van der Waals surface area contributed by atoms with Gasteiger partial charge in [0, 0.05) is 5.69 Å². The second-order valence-corrected chi connectivity index (χ2v) is 4.97. The number of methoxy groups -OCH3 is 2. The molecule has 0 fully saturated rings. The van der Waals surface area contributed by atoms with Gasteiger partial charge in [-0.25, -0.2) is 4.79 Å². The Morgan fingerprint density at radius 2 is 1.68 bits per heavy atom. The van der Waals surface area contributed by atoms with E-state index in [4.69, 9.17) is 4.74 Å². The second-order valence-electron chi connectivity index (χ2n) is 4.97. The number of carbonyl (C=O) groups excluding carboxylic acids is 2. The lowest BCUT2D eigenvalue weighted by atomic mass is 10.1. The number of hydrogen-bond donors (Lipinski definition) is 1. The molecule has 2 rings (SSSR count). The second kappa shape index (κ2) is 8.31. The van der Waals surface area contributed by atoms with Gasteiger partial charge in [-0.05, 0) is 48.0 Å². The van der Waals surface area contributed by atoms with E-state index in [1.54, 1.807) is 55.6 Å². The van der Waals surface area contributed by atoms with Crippen LogP contribution in [-0.2, 0) is 9.53 Å². The minimum absolute atomic E-state index is 0.0540. The molecule has 2 aromatic rings. The number of ether oxygens (including phenoxy) is 2. The van der Waals surface area contributed by atoms with Crippen molar-refractivity contribution in [2.75, 3.05) is 19.5 Å². The maximum atomic E-state index is 12.2. The van der Waals surface area contributed by atoms with E-state index in [1.165, 1.54) is 13.2 Å². The van der Waals surface area contributed by atoms with Gasteiger partial charge < -0.3 is 14.8 Å².